The smallest absolute Gasteiger partial charge is 0.407 e. The second kappa shape index (κ2) is 5.87. The molecule has 0 saturated carbocycles. The second-order valence-electron chi connectivity index (χ2n) is 4.70. The Balaban J connectivity index is 2.13. The van der Waals surface area contributed by atoms with Crippen molar-refractivity contribution < 1.29 is 9.90 Å². The Morgan fingerprint density at radius 2 is 2.17 bits per heavy atom. The summed E-state index contributed by atoms with van der Waals surface area (Å²) in [6.07, 6.45) is 0.0676. The molecular weight excluding hydrogens is 228 g/mol. The highest BCUT2D eigenvalue weighted by atomic mass is 16.4. The van der Waals surface area contributed by atoms with Crippen LogP contribution in [0.4, 0.5) is 4.79 Å². The predicted octanol–water partition coefficient (Wildman–Crippen LogP) is 2.13. The molecule has 0 spiro atoms. The van der Waals surface area contributed by atoms with Crippen LogP contribution in [0.2, 0.25) is 0 Å². The van der Waals surface area contributed by atoms with Crippen LogP contribution in [-0.2, 0) is 0 Å². The number of amides is 1. The van der Waals surface area contributed by atoms with E-state index in [0.29, 0.717) is 19.0 Å². The zero-order valence-electron chi connectivity index (χ0n) is 10.7. The number of nitrogens with one attached hydrogen (secondary N) is 1. The predicted molar refractivity (Wildman–Crippen MR) is 70.9 cm³/mol. The molecule has 1 aromatic rings. The molecule has 2 N–H and O–H groups in total. The van der Waals surface area contributed by atoms with E-state index in [-0.39, 0.29) is 6.04 Å². The average molecular weight is 248 g/mol. The van der Waals surface area contributed by atoms with Crippen molar-refractivity contribution in [1.82, 2.24) is 10.2 Å². The van der Waals surface area contributed by atoms with E-state index in [1.165, 1.54) is 10.5 Å². The highest BCUT2D eigenvalue weighted by Gasteiger charge is 2.31. The lowest BCUT2D eigenvalue weighted by Gasteiger charge is -2.38. The summed E-state index contributed by atoms with van der Waals surface area (Å²) in [7, 11) is 0. The van der Waals surface area contributed by atoms with Crippen LogP contribution < -0.4 is 5.32 Å². The zero-order chi connectivity index (χ0) is 13.0. The van der Waals surface area contributed by atoms with E-state index >= 15 is 0 Å². The highest BCUT2D eigenvalue weighted by molar-refractivity contribution is 5.65. The minimum Gasteiger partial charge on any atom is -0.465 e. The van der Waals surface area contributed by atoms with Crippen molar-refractivity contribution in [1.29, 1.82) is 0 Å². The number of hydrogen-bond acceptors (Lipinski definition) is 2. The molecule has 1 amide bonds. The van der Waals surface area contributed by atoms with Crippen molar-refractivity contribution in [2.24, 2.45) is 0 Å². The van der Waals surface area contributed by atoms with Crippen LogP contribution in [0.15, 0.2) is 30.3 Å². The first-order valence-corrected chi connectivity index (χ1v) is 6.48. The summed E-state index contributed by atoms with van der Waals surface area (Å²) in [6.45, 7) is 4.11. The molecule has 0 unspecified atom stereocenters. The lowest BCUT2D eigenvalue weighted by Crippen LogP contribution is -2.51. The van der Waals surface area contributed by atoms with Gasteiger partial charge in [-0.15, -0.1) is 0 Å². The van der Waals surface area contributed by atoms with Crippen molar-refractivity contribution in [2.75, 3.05) is 19.6 Å². The number of benzene rings is 1. The van der Waals surface area contributed by atoms with Gasteiger partial charge in [0.15, 0.2) is 0 Å². The molecule has 4 nitrogen and oxygen atoms in total. The molecule has 0 radical (unpaired) electrons. The van der Waals surface area contributed by atoms with E-state index in [4.69, 9.17) is 5.11 Å². The van der Waals surface area contributed by atoms with Gasteiger partial charge in [-0.05, 0) is 18.5 Å². The SMILES string of the molecule is CCN[C@H]1CN(C(=O)O)CC[C@@H]1c1ccccc1. The molecule has 1 saturated heterocycles. The van der Waals surface area contributed by atoms with Gasteiger partial charge in [0.2, 0.25) is 0 Å². The van der Waals surface area contributed by atoms with Crippen LogP contribution in [0.3, 0.4) is 0 Å². The van der Waals surface area contributed by atoms with Crippen LogP contribution in [0.25, 0.3) is 0 Å². The molecule has 1 fully saturated rings. The Hall–Kier alpha value is -1.55. The number of likely N-dealkylation sites (N-methyl/N-ethyl adjacent to an activating group) is 1. The Kier molecular flexibility index (Phi) is 4.20. The third kappa shape index (κ3) is 2.82. The van der Waals surface area contributed by atoms with E-state index in [1.807, 2.05) is 18.2 Å². The Bertz CT molecular complexity index is 394. The van der Waals surface area contributed by atoms with Crippen LogP contribution in [0.5, 0.6) is 0 Å². The van der Waals surface area contributed by atoms with Crippen molar-refractivity contribution in [3.05, 3.63) is 35.9 Å². The van der Waals surface area contributed by atoms with Crippen LogP contribution in [-0.4, -0.2) is 41.8 Å². The largest absolute Gasteiger partial charge is 0.465 e. The van der Waals surface area contributed by atoms with Gasteiger partial charge in [-0.2, -0.15) is 0 Å². The summed E-state index contributed by atoms with van der Waals surface area (Å²) >= 11 is 0. The third-order valence-electron chi connectivity index (χ3n) is 3.58. The molecule has 1 aliphatic heterocycles. The molecule has 4 heteroatoms. The van der Waals surface area contributed by atoms with Gasteiger partial charge >= 0.3 is 6.09 Å². The fourth-order valence-electron chi connectivity index (χ4n) is 2.69. The van der Waals surface area contributed by atoms with Gasteiger partial charge in [0.25, 0.3) is 0 Å². The fraction of sp³-hybridized carbons (Fsp3) is 0.500. The van der Waals surface area contributed by atoms with Crippen LogP contribution in [0, 0.1) is 0 Å². The molecule has 2 atom stereocenters. The van der Waals surface area contributed by atoms with Gasteiger partial charge in [0, 0.05) is 25.0 Å². The molecule has 2 rings (SSSR count). The van der Waals surface area contributed by atoms with Crippen LogP contribution in [0.1, 0.15) is 24.8 Å². The van der Waals surface area contributed by atoms with Crippen molar-refractivity contribution in [3.8, 4) is 0 Å². The first-order valence-electron chi connectivity index (χ1n) is 6.48. The molecular formula is C14H20N2O2. The highest BCUT2D eigenvalue weighted by Crippen LogP contribution is 2.28. The molecule has 0 bridgehead atoms. The van der Waals surface area contributed by atoms with Gasteiger partial charge in [-0.3, -0.25) is 0 Å². The maximum absolute atomic E-state index is 11.0. The van der Waals surface area contributed by atoms with Gasteiger partial charge in [0.1, 0.15) is 0 Å². The summed E-state index contributed by atoms with van der Waals surface area (Å²) in [5.74, 6) is 0.404. The van der Waals surface area contributed by atoms with E-state index in [1.54, 1.807) is 0 Å². The van der Waals surface area contributed by atoms with Crippen LogP contribution >= 0.6 is 0 Å². The molecule has 98 valence electrons. The molecule has 1 heterocycles. The van der Waals surface area contributed by atoms with E-state index in [2.05, 4.69) is 24.4 Å². The van der Waals surface area contributed by atoms with E-state index in [9.17, 15) is 4.79 Å². The Morgan fingerprint density at radius 3 is 2.78 bits per heavy atom. The molecule has 1 aliphatic rings. The number of nitrogens with zero attached hydrogens (tertiary/aromatic N) is 1. The first kappa shape index (κ1) is 12.9. The first-order chi connectivity index (χ1) is 8.72. The topological polar surface area (TPSA) is 52.6 Å². The maximum atomic E-state index is 11.0. The number of likely N-dealkylation sites (tertiary alicyclic amines) is 1. The molecule has 0 aliphatic carbocycles. The average Bonchev–Trinajstić information content (AvgIpc) is 2.40. The maximum Gasteiger partial charge on any atom is 0.407 e. The van der Waals surface area contributed by atoms with E-state index < -0.39 is 6.09 Å². The van der Waals surface area contributed by atoms with Crippen molar-refractivity contribution in [3.63, 3.8) is 0 Å². The monoisotopic (exact) mass is 248 g/mol. The Labute approximate surface area is 108 Å². The normalized spacial score (nSPS) is 23.9. The summed E-state index contributed by atoms with van der Waals surface area (Å²) in [5.41, 5.74) is 1.30. The fourth-order valence-corrected chi connectivity index (χ4v) is 2.69. The minimum absolute atomic E-state index is 0.210. The Morgan fingerprint density at radius 1 is 1.44 bits per heavy atom. The standard InChI is InChI=1S/C14H20N2O2/c1-2-15-13-10-16(14(17)18)9-8-12(13)11-6-4-3-5-7-11/h3-7,12-13,15H,2,8-10H2,1H3,(H,17,18)/t12-,13+/m1/s1. The molecule has 1 aromatic carbocycles. The molecule has 18 heavy (non-hydrogen) atoms. The van der Waals surface area contributed by atoms with Gasteiger partial charge in [0.05, 0.1) is 0 Å². The molecule has 0 aromatic heterocycles. The summed E-state index contributed by atoms with van der Waals surface area (Å²) in [5, 5.41) is 12.5. The van der Waals surface area contributed by atoms with Crippen molar-refractivity contribution in [2.45, 2.75) is 25.3 Å². The lowest BCUT2D eigenvalue weighted by atomic mass is 9.85. The summed E-state index contributed by atoms with van der Waals surface area (Å²) < 4.78 is 0. The number of piperidine rings is 1. The number of carbonyl (C=O) groups is 1. The number of rotatable bonds is 3. The van der Waals surface area contributed by atoms with Crippen molar-refractivity contribution >= 4 is 6.09 Å². The van der Waals surface area contributed by atoms with Gasteiger partial charge in [-0.25, -0.2) is 4.79 Å². The minimum atomic E-state index is -0.815. The van der Waals surface area contributed by atoms with E-state index in [0.717, 1.165) is 13.0 Å². The summed E-state index contributed by atoms with van der Waals surface area (Å²) in [4.78, 5) is 12.6. The zero-order valence-corrected chi connectivity index (χ0v) is 10.7. The lowest BCUT2D eigenvalue weighted by molar-refractivity contribution is 0.120. The second-order valence-corrected chi connectivity index (χ2v) is 4.70. The quantitative estimate of drug-likeness (QED) is 0.861. The number of hydrogen-bond donors (Lipinski definition) is 2. The van der Waals surface area contributed by atoms with Gasteiger partial charge < -0.3 is 15.3 Å². The number of carboxylic acid groups (broad SMARTS) is 1. The van der Waals surface area contributed by atoms with Gasteiger partial charge in [-0.1, -0.05) is 37.3 Å². The summed E-state index contributed by atoms with van der Waals surface area (Å²) in [6, 6.07) is 10.6. The third-order valence-corrected chi connectivity index (χ3v) is 3.58.